The van der Waals surface area contributed by atoms with Crippen LogP contribution in [0.25, 0.3) is 11.3 Å². The number of benzene rings is 1. The summed E-state index contributed by atoms with van der Waals surface area (Å²) >= 11 is 0. The Morgan fingerprint density at radius 2 is 1.79 bits per heavy atom. The third-order valence-corrected chi connectivity index (χ3v) is 4.79. The van der Waals surface area contributed by atoms with Gasteiger partial charge in [-0.1, -0.05) is 18.2 Å². The van der Waals surface area contributed by atoms with E-state index in [1.807, 2.05) is 37.3 Å². The van der Waals surface area contributed by atoms with Gasteiger partial charge in [0.15, 0.2) is 9.84 Å². The Morgan fingerprint density at radius 3 is 2.42 bits per heavy atom. The van der Waals surface area contributed by atoms with Gasteiger partial charge in [-0.2, -0.15) is 0 Å². The van der Waals surface area contributed by atoms with Crippen LogP contribution in [0.5, 0.6) is 0 Å². The maximum Gasteiger partial charge on any atom is 0.175 e. The smallest absolute Gasteiger partial charge is 0.175 e. The minimum absolute atomic E-state index is 0.00430. The van der Waals surface area contributed by atoms with Crippen LogP contribution in [0.1, 0.15) is 18.7 Å². The lowest BCUT2D eigenvalue weighted by Gasteiger charge is -2.13. The van der Waals surface area contributed by atoms with Crippen molar-refractivity contribution in [3.8, 4) is 11.3 Å². The highest BCUT2D eigenvalue weighted by Crippen LogP contribution is 2.23. The van der Waals surface area contributed by atoms with Gasteiger partial charge in [0.05, 0.1) is 22.9 Å². The summed E-state index contributed by atoms with van der Waals surface area (Å²) in [5, 5.41) is 3.29. The van der Waals surface area contributed by atoms with Gasteiger partial charge in [-0.15, -0.1) is 0 Å². The number of hydrogen-bond acceptors (Lipinski definition) is 5. The minimum Gasteiger partial charge on any atom is -0.467 e. The van der Waals surface area contributed by atoms with Gasteiger partial charge in [-0.3, -0.25) is 0 Å². The fourth-order valence-corrected chi connectivity index (χ4v) is 3.01. The predicted octanol–water partition coefficient (Wildman–Crippen LogP) is 3.92. The summed E-state index contributed by atoms with van der Waals surface area (Å²) < 4.78 is 28.4. The van der Waals surface area contributed by atoms with Crippen molar-refractivity contribution in [3.63, 3.8) is 0 Å². The minimum atomic E-state index is -3.19. The summed E-state index contributed by atoms with van der Waals surface area (Å²) in [6.45, 7) is 1.99. The van der Waals surface area contributed by atoms with Gasteiger partial charge in [0.1, 0.15) is 11.6 Å². The van der Waals surface area contributed by atoms with E-state index in [0.717, 1.165) is 22.8 Å². The Balaban J connectivity index is 1.82. The van der Waals surface area contributed by atoms with E-state index in [0.29, 0.717) is 4.90 Å². The lowest BCUT2D eigenvalue weighted by Crippen LogP contribution is -2.07. The second-order valence-electron chi connectivity index (χ2n) is 5.59. The monoisotopic (exact) mass is 342 g/mol. The zero-order valence-electron chi connectivity index (χ0n) is 13.4. The molecule has 0 saturated heterocycles. The molecule has 0 radical (unpaired) electrons. The maximum atomic E-state index is 11.5. The first kappa shape index (κ1) is 16.3. The van der Waals surface area contributed by atoms with E-state index in [1.54, 1.807) is 30.5 Å². The number of rotatable bonds is 5. The molecule has 24 heavy (non-hydrogen) atoms. The molecular weight excluding hydrogens is 324 g/mol. The topological polar surface area (TPSA) is 72.2 Å². The summed E-state index contributed by atoms with van der Waals surface area (Å²) in [5.41, 5.74) is 1.63. The number of nitrogens with zero attached hydrogens (tertiary/aromatic N) is 1. The van der Waals surface area contributed by atoms with E-state index in [-0.39, 0.29) is 6.04 Å². The third kappa shape index (κ3) is 3.65. The third-order valence-electron chi connectivity index (χ3n) is 3.66. The van der Waals surface area contributed by atoms with E-state index in [2.05, 4.69) is 10.3 Å². The first-order valence-corrected chi connectivity index (χ1v) is 9.40. The molecule has 3 aromatic rings. The van der Waals surface area contributed by atoms with Crippen LogP contribution in [0.2, 0.25) is 0 Å². The van der Waals surface area contributed by atoms with Gasteiger partial charge in [0.25, 0.3) is 0 Å². The van der Waals surface area contributed by atoms with Crippen molar-refractivity contribution < 1.29 is 12.8 Å². The van der Waals surface area contributed by atoms with E-state index in [9.17, 15) is 8.42 Å². The SMILES string of the molecule is C[C@@H](Nc1cccc(-c2ccc(S(C)(=O)=O)cc2)n1)c1ccco1. The molecule has 2 aromatic heterocycles. The number of anilines is 1. The highest BCUT2D eigenvalue weighted by Gasteiger charge is 2.10. The number of pyridine rings is 1. The number of sulfone groups is 1. The summed E-state index contributed by atoms with van der Waals surface area (Å²) in [6, 6.07) is 16.1. The van der Waals surface area contributed by atoms with Crippen molar-refractivity contribution in [1.82, 2.24) is 4.98 Å². The Labute approximate surface area is 141 Å². The molecule has 3 rings (SSSR count). The number of aromatic nitrogens is 1. The lowest BCUT2D eigenvalue weighted by molar-refractivity contribution is 0.490. The predicted molar refractivity (Wildman–Crippen MR) is 93.5 cm³/mol. The van der Waals surface area contributed by atoms with Crippen molar-refractivity contribution in [3.05, 3.63) is 66.6 Å². The molecule has 0 amide bonds. The zero-order valence-corrected chi connectivity index (χ0v) is 14.2. The van der Waals surface area contributed by atoms with Gasteiger partial charge in [-0.05, 0) is 43.3 Å². The molecule has 0 unspecified atom stereocenters. The van der Waals surface area contributed by atoms with Crippen LogP contribution in [-0.4, -0.2) is 19.7 Å². The molecule has 0 saturated carbocycles. The summed E-state index contributed by atoms with van der Waals surface area (Å²) in [5.74, 6) is 1.56. The van der Waals surface area contributed by atoms with Crippen LogP contribution < -0.4 is 5.32 Å². The van der Waals surface area contributed by atoms with E-state index in [1.165, 1.54) is 6.26 Å². The molecule has 1 atom stereocenters. The van der Waals surface area contributed by atoms with Crippen LogP contribution in [0.15, 0.2) is 70.2 Å². The Bertz CT molecular complexity index is 917. The molecule has 2 heterocycles. The van der Waals surface area contributed by atoms with Gasteiger partial charge < -0.3 is 9.73 Å². The molecule has 0 aliphatic carbocycles. The molecular formula is C18H18N2O3S. The molecule has 0 aliphatic rings. The second kappa shape index (κ2) is 6.49. The largest absolute Gasteiger partial charge is 0.467 e. The summed E-state index contributed by atoms with van der Waals surface area (Å²) in [6.07, 6.45) is 2.83. The van der Waals surface area contributed by atoms with Crippen LogP contribution in [0.3, 0.4) is 0 Å². The quantitative estimate of drug-likeness (QED) is 0.761. The molecule has 5 nitrogen and oxygen atoms in total. The van der Waals surface area contributed by atoms with Crippen LogP contribution in [0, 0.1) is 0 Å². The maximum absolute atomic E-state index is 11.5. The molecule has 6 heteroatoms. The van der Waals surface area contributed by atoms with Crippen molar-refractivity contribution >= 4 is 15.7 Å². The lowest BCUT2D eigenvalue weighted by atomic mass is 10.1. The molecule has 0 spiro atoms. The van der Waals surface area contributed by atoms with Crippen LogP contribution in [0.4, 0.5) is 5.82 Å². The zero-order chi connectivity index (χ0) is 17.2. The van der Waals surface area contributed by atoms with Crippen molar-refractivity contribution in [2.75, 3.05) is 11.6 Å². The number of nitrogens with one attached hydrogen (secondary N) is 1. The van der Waals surface area contributed by atoms with Crippen molar-refractivity contribution in [2.45, 2.75) is 17.9 Å². The van der Waals surface area contributed by atoms with Crippen molar-refractivity contribution in [2.24, 2.45) is 0 Å². The van der Waals surface area contributed by atoms with Gasteiger partial charge >= 0.3 is 0 Å². The molecule has 0 bridgehead atoms. The van der Waals surface area contributed by atoms with Gasteiger partial charge in [0.2, 0.25) is 0 Å². The van der Waals surface area contributed by atoms with Crippen LogP contribution >= 0.6 is 0 Å². The van der Waals surface area contributed by atoms with E-state index < -0.39 is 9.84 Å². The Kier molecular flexibility index (Phi) is 4.40. The average Bonchev–Trinajstić information content (AvgIpc) is 3.09. The molecule has 0 fully saturated rings. The fourth-order valence-electron chi connectivity index (χ4n) is 2.38. The summed E-state index contributed by atoms with van der Waals surface area (Å²) in [4.78, 5) is 4.88. The molecule has 1 N–H and O–H groups in total. The number of furan rings is 1. The summed E-state index contributed by atoms with van der Waals surface area (Å²) in [7, 11) is -3.19. The van der Waals surface area contributed by atoms with Gasteiger partial charge in [-0.25, -0.2) is 13.4 Å². The highest BCUT2D eigenvalue weighted by atomic mass is 32.2. The van der Waals surface area contributed by atoms with Crippen LogP contribution in [-0.2, 0) is 9.84 Å². The number of hydrogen-bond donors (Lipinski definition) is 1. The van der Waals surface area contributed by atoms with Gasteiger partial charge in [0, 0.05) is 11.8 Å². The molecule has 1 aromatic carbocycles. The second-order valence-corrected chi connectivity index (χ2v) is 7.60. The van der Waals surface area contributed by atoms with E-state index in [4.69, 9.17) is 4.42 Å². The normalized spacial score (nSPS) is 12.8. The van der Waals surface area contributed by atoms with E-state index >= 15 is 0 Å². The molecule has 0 aliphatic heterocycles. The first-order chi connectivity index (χ1) is 11.4. The Hall–Kier alpha value is -2.60. The standard InChI is InChI=1S/C18H18N2O3S/c1-13(17-6-4-12-23-17)19-18-7-3-5-16(20-18)14-8-10-15(11-9-14)24(2,21)22/h3-13H,1-2H3,(H,19,20)/t13-/m1/s1. The fraction of sp³-hybridized carbons (Fsp3) is 0.167. The highest BCUT2D eigenvalue weighted by molar-refractivity contribution is 7.90. The van der Waals surface area contributed by atoms with Crippen molar-refractivity contribution in [1.29, 1.82) is 0 Å². The first-order valence-electron chi connectivity index (χ1n) is 7.51. The average molecular weight is 342 g/mol. The Morgan fingerprint density at radius 1 is 1.04 bits per heavy atom. The molecule has 124 valence electrons.